The molecule has 2 aromatic rings. The molecule has 1 heterocycles. The molecule has 0 bridgehead atoms. The van der Waals surface area contributed by atoms with Gasteiger partial charge in [0.15, 0.2) is 5.78 Å². The van der Waals surface area contributed by atoms with Gasteiger partial charge >= 0.3 is 0 Å². The standard InChI is InChI=1S/C27H36F2N4O10S2/c1-16-30-11-21(44-16)26(37)33-20(13-42-4)25(36)32-19(12-41-3)24(35)31-18(10-17-8-6-5-7-9-17)23(34)27(2,38)15-43-45(39,40)14-22(28)29/h5-9,11,18-20,22,38H,10,12-15H2,1-4H3,(H,31,35)(H,32,36)(H,33,37). The molecule has 4 atom stereocenters. The molecule has 0 aliphatic carbocycles. The van der Waals surface area contributed by atoms with Gasteiger partial charge in [0.25, 0.3) is 22.5 Å². The molecular formula is C27H36F2N4O10S2. The van der Waals surface area contributed by atoms with Crippen LogP contribution in [0.25, 0.3) is 0 Å². The Morgan fingerprint density at radius 2 is 1.53 bits per heavy atom. The smallest absolute Gasteiger partial charge is 0.273 e. The Labute approximate surface area is 263 Å². The van der Waals surface area contributed by atoms with Crippen LogP contribution in [0.5, 0.6) is 0 Å². The number of benzene rings is 1. The summed E-state index contributed by atoms with van der Waals surface area (Å²) in [5.41, 5.74) is -2.02. The van der Waals surface area contributed by atoms with E-state index in [1.807, 2.05) is 0 Å². The lowest BCUT2D eigenvalue weighted by atomic mass is 9.91. The van der Waals surface area contributed by atoms with Crippen molar-refractivity contribution in [2.24, 2.45) is 0 Å². The fraction of sp³-hybridized carbons (Fsp3) is 0.519. The summed E-state index contributed by atoms with van der Waals surface area (Å²) in [4.78, 5) is 56.8. The van der Waals surface area contributed by atoms with Crippen LogP contribution in [0.1, 0.15) is 27.2 Å². The molecule has 0 aliphatic heterocycles. The van der Waals surface area contributed by atoms with Gasteiger partial charge in [0.1, 0.15) is 34.9 Å². The van der Waals surface area contributed by atoms with Crippen LogP contribution in [0.3, 0.4) is 0 Å². The summed E-state index contributed by atoms with van der Waals surface area (Å²) in [6.45, 7) is 0.776. The highest BCUT2D eigenvalue weighted by molar-refractivity contribution is 7.86. The highest BCUT2D eigenvalue weighted by Crippen LogP contribution is 2.16. The number of hydrogen-bond acceptors (Lipinski definition) is 12. The molecule has 2 rings (SSSR count). The van der Waals surface area contributed by atoms with Crippen LogP contribution in [-0.4, -0.2) is 112 Å². The first-order valence-electron chi connectivity index (χ1n) is 13.4. The monoisotopic (exact) mass is 678 g/mol. The van der Waals surface area contributed by atoms with Crippen LogP contribution >= 0.6 is 11.3 Å². The summed E-state index contributed by atoms with van der Waals surface area (Å²) in [7, 11) is -2.23. The van der Waals surface area contributed by atoms with Crippen molar-refractivity contribution in [3.63, 3.8) is 0 Å². The number of aryl methyl sites for hydroxylation is 1. The molecule has 250 valence electrons. The highest BCUT2D eigenvalue weighted by Gasteiger charge is 2.40. The summed E-state index contributed by atoms with van der Waals surface area (Å²) in [6.07, 6.45) is -2.09. The van der Waals surface area contributed by atoms with Crippen LogP contribution in [0.2, 0.25) is 0 Å². The van der Waals surface area contributed by atoms with E-state index in [4.69, 9.17) is 9.47 Å². The number of halogens is 2. The normalized spacial score (nSPS) is 15.0. The van der Waals surface area contributed by atoms with Gasteiger partial charge in [-0.05, 0) is 25.8 Å². The van der Waals surface area contributed by atoms with Gasteiger partial charge in [0.05, 0.1) is 30.5 Å². The highest BCUT2D eigenvalue weighted by atomic mass is 32.2. The van der Waals surface area contributed by atoms with Gasteiger partial charge in [-0.1, -0.05) is 30.3 Å². The number of nitrogens with zero attached hydrogens (tertiary/aromatic N) is 1. The Balaban J connectivity index is 2.25. The summed E-state index contributed by atoms with van der Waals surface area (Å²) >= 11 is 1.11. The van der Waals surface area contributed by atoms with Crippen molar-refractivity contribution in [3.8, 4) is 0 Å². The van der Waals surface area contributed by atoms with Crippen LogP contribution in [0.15, 0.2) is 36.5 Å². The van der Waals surface area contributed by atoms with Gasteiger partial charge in [-0.25, -0.2) is 13.8 Å². The Morgan fingerprint density at radius 3 is 2.04 bits per heavy atom. The predicted molar refractivity (Wildman–Crippen MR) is 157 cm³/mol. The lowest BCUT2D eigenvalue weighted by Crippen LogP contribution is -2.60. The first-order chi connectivity index (χ1) is 21.1. The third-order valence-electron chi connectivity index (χ3n) is 6.06. The number of Topliss-reactive ketones (excluding diaryl/α,β-unsaturated/α-hetero) is 1. The maximum atomic E-state index is 13.4. The molecule has 45 heavy (non-hydrogen) atoms. The van der Waals surface area contributed by atoms with Crippen molar-refractivity contribution < 1.29 is 55.1 Å². The van der Waals surface area contributed by atoms with Crippen molar-refractivity contribution in [1.82, 2.24) is 20.9 Å². The minimum atomic E-state index is -4.78. The molecule has 0 spiro atoms. The number of rotatable bonds is 19. The third kappa shape index (κ3) is 12.5. The molecule has 3 amide bonds. The summed E-state index contributed by atoms with van der Waals surface area (Å²) < 4.78 is 63.3. The largest absolute Gasteiger partial charge is 0.382 e. The van der Waals surface area contributed by atoms with Gasteiger partial charge in [-0.15, -0.1) is 11.3 Å². The van der Waals surface area contributed by atoms with Crippen molar-refractivity contribution in [1.29, 1.82) is 0 Å². The first-order valence-corrected chi connectivity index (χ1v) is 15.8. The number of ketones is 1. The molecule has 4 N–H and O–H groups in total. The Hall–Kier alpha value is -3.42. The van der Waals surface area contributed by atoms with Crippen molar-refractivity contribution in [2.45, 2.75) is 50.4 Å². The molecule has 4 unspecified atom stereocenters. The number of methoxy groups -OCH3 is 2. The molecule has 0 radical (unpaired) electrons. The van der Waals surface area contributed by atoms with E-state index in [1.54, 1.807) is 37.3 Å². The molecule has 1 aromatic heterocycles. The average Bonchev–Trinajstić information content (AvgIpc) is 3.41. The molecule has 0 saturated heterocycles. The van der Waals surface area contributed by atoms with Gasteiger partial charge in [-0.2, -0.15) is 8.42 Å². The number of carbonyl (C=O) groups excluding carboxylic acids is 4. The van der Waals surface area contributed by atoms with Gasteiger partial charge in [0, 0.05) is 14.2 Å². The average molecular weight is 679 g/mol. The van der Waals surface area contributed by atoms with Gasteiger partial charge < -0.3 is 30.5 Å². The number of ether oxygens (including phenoxy) is 2. The molecule has 0 aliphatic rings. The number of hydrogen-bond donors (Lipinski definition) is 4. The molecule has 0 saturated carbocycles. The van der Waals surface area contributed by atoms with Gasteiger partial charge in [-0.3, -0.25) is 23.4 Å². The number of nitrogens with one attached hydrogen (secondary N) is 3. The zero-order valence-corrected chi connectivity index (χ0v) is 26.6. The van der Waals surface area contributed by atoms with Crippen molar-refractivity contribution in [2.75, 3.05) is 39.8 Å². The minimum absolute atomic E-state index is 0.185. The van der Waals surface area contributed by atoms with E-state index in [0.29, 0.717) is 10.6 Å². The van der Waals surface area contributed by atoms with E-state index in [2.05, 4.69) is 25.1 Å². The topological polar surface area (TPSA) is 199 Å². The lowest BCUT2D eigenvalue weighted by molar-refractivity contribution is -0.143. The fourth-order valence-electron chi connectivity index (χ4n) is 3.85. The van der Waals surface area contributed by atoms with Crippen LogP contribution in [0.4, 0.5) is 8.78 Å². The van der Waals surface area contributed by atoms with E-state index >= 15 is 0 Å². The SMILES string of the molecule is COCC(NC(=O)c1cnc(C)s1)C(=O)NC(COC)C(=O)NC(Cc1ccccc1)C(=O)C(C)(O)COS(=O)(=O)CC(F)F. The van der Waals surface area contributed by atoms with Crippen LogP contribution in [-0.2, 0) is 44.6 Å². The second kappa shape index (κ2) is 17.3. The number of carbonyl (C=O) groups is 4. The zero-order valence-electron chi connectivity index (χ0n) is 25.0. The van der Waals surface area contributed by atoms with E-state index in [-0.39, 0.29) is 24.5 Å². The maximum absolute atomic E-state index is 13.4. The number of aliphatic hydroxyl groups is 1. The summed E-state index contributed by atoms with van der Waals surface area (Å²) in [6, 6.07) is 4.10. The second-order valence-corrected chi connectivity index (χ2v) is 12.9. The van der Waals surface area contributed by atoms with Crippen molar-refractivity contribution >= 4 is 45.0 Å². The predicted octanol–water partition coefficient (Wildman–Crippen LogP) is -0.0134. The van der Waals surface area contributed by atoms with E-state index in [9.17, 15) is 41.5 Å². The number of aromatic nitrogens is 1. The Morgan fingerprint density at radius 1 is 0.978 bits per heavy atom. The summed E-state index contributed by atoms with van der Waals surface area (Å²) in [5.74, 6) is -5.09. The summed E-state index contributed by atoms with van der Waals surface area (Å²) in [5, 5.41) is 18.8. The van der Waals surface area contributed by atoms with Crippen LogP contribution in [0, 0.1) is 6.92 Å². The maximum Gasteiger partial charge on any atom is 0.273 e. The Bertz CT molecular complexity index is 1410. The van der Waals surface area contributed by atoms with Crippen molar-refractivity contribution in [3.05, 3.63) is 52.0 Å². The first kappa shape index (κ1) is 37.8. The van der Waals surface area contributed by atoms with Crippen LogP contribution < -0.4 is 16.0 Å². The quantitative estimate of drug-likeness (QED) is 0.146. The third-order valence-corrected chi connectivity index (χ3v) is 8.11. The van der Waals surface area contributed by atoms with E-state index in [0.717, 1.165) is 18.3 Å². The number of alkyl halides is 2. The molecule has 14 nitrogen and oxygen atoms in total. The Kier molecular flexibility index (Phi) is 14.5. The van der Waals surface area contributed by atoms with E-state index < -0.39 is 76.1 Å². The number of amides is 3. The second-order valence-electron chi connectivity index (χ2n) is 10.0. The van der Waals surface area contributed by atoms with E-state index in [1.165, 1.54) is 20.4 Å². The molecular weight excluding hydrogens is 642 g/mol. The zero-order chi connectivity index (χ0) is 33.8. The molecule has 0 fully saturated rings. The molecule has 1 aromatic carbocycles. The fourth-order valence-corrected chi connectivity index (χ4v) is 5.35. The minimum Gasteiger partial charge on any atom is -0.382 e. The lowest BCUT2D eigenvalue weighted by Gasteiger charge is -2.29. The van der Waals surface area contributed by atoms with Gasteiger partial charge in [0.2, 0.25) is 11.8 Å². The number of thiazole rings is 1. The molecule has 18 heteroatoms.